The van der Waals surface area contributed by atoms with E-state index in [4.69, 9.17) is 4.74 Å². The number of carbonyl (C=O) groups is 2. The Labute approximate surface area is 136 Å². The number of urea groups is 1. The van der Waals surface area contributed by atoms with E-state index in [1.807, 2.05) is 37.3 Å². The standard InChI is InChI=1S/C17H23N3O3/c1-3-23-17(22)20-12-10-19(11-13-20)16(21)18-9-8-15-7-5-4-6-14(15)2/h4-9H,3,10-13H2,1-2H3,(H,18,21)/b9-8+. The molecule has 0 radical (unpaired) electrons. The molecule has 0 unspecified atom stereocenters. The molecule has 2 rings (SSSR count). The first-order valence-electron chi connectivity index (χ1n) is 7.81. The van der Waals surface area contributed by atoms with Crippen LogP contribution in [0.5, 0.6) is 0 Å². The third-order valence-corrected chi connectivity index (χ3v) is 3.75. The maximum absolute atomic E-state index is 12.1. The van der Waals surface area contributed by atoms with Crippen LogP contribution in [0, 0.1) is 6.92 Å². The first kappa shape index (κ1) is 16.9. The molecule has 3 amide bonds. The Morgan fingerprint density at radius 2 is 1.83 bits per heavy atom. The van der Waals surface area contributed by atoms with Crippen LogP contribution in [0.1, 0.15) is 18.1 Å². The molecule has 1 N–H and O–H groups in total. The monoisotopic (exact) mass is 317 g/mol. The van der Waals surface area contributed by atoms with Crippen LogP contribution < -0.4 is 5.32 Å². The molecule has 6 nitrogen and oxygen atoms in total. The van der Waals surface area contributed by atoms with Gasteiger partial charge in [-0.25, -0.2) is 9.59 Å². The van der Waals surface area contributed by atoms with Crippen molar-refractivity contribution in [1.82, 2.24) is 15.1 Å². The van der Waals surface area contributed by atoms with E-state index in [9.17, 15) is 9.59 Å². The average molecular weight is 317 g/mol. The minimum atomic E-state index is -0.313. The van der Waals surface area contributed by atoms with Crippen LogP contribution in [0.15, 0.2) is 30.5 Å². The minimum absolute atomic E-state index is 0.154. The predicted octanol–water partition coefficient (Wildman–Crippen LogP) is 2.45. The average Bonchev–Trinajstić information content (AvgIpc) is 2.57. The van der Waals surface area contributed by atoms with Crippen LogP contribution in [0.4, 0.5) is 9.59 Å². The second-order valence-electron chi connectivity index (χ2n) is 5.31. The summed E-state index contributed by atoms with van der Waals surface area (Å²) >= 11 is 0. The zero-order valence-corrected chi connectivity index (χ0v) is 13.6. The summed E-state index contributed by atoms with van der Waals surface area (Å²) in [5, 5.41) is 2.77. The molecule has 0 aromatic heterocycles. The predicted molar refractivity (Wildman–Crippen MR) is 88.9 cm³/mol. The third-order valence-electron chi connectivity index (χ3n) is 3.75. The van der Waals surface area contributed by atoms with Gasteiger partial charge in [-0.1, -0.05) is 24.3 Å². The van der Waals surface area contributed by atoms with Gasteiger partial charge < -0.3 is 19.9 Å². The van der Waals surface area contributed by atoms with Gasteiger partial charge in [0.1, 0.15) is 0 Å². The van der Waals surface area contributed by atoms with Crippen LogP contribution in [-0.4, -0.2) is 54.7 Å². The number of ether oxygens (including phenoxy) is 1. The molecule has 0 spiro atoms. The molecule has 1 aliphatic heterocycles. The van der Waals surface area contributed by atoms with Crippen LogP contribution in [0.3, 0.4) is 0 Å². The van der Waals surface area contributed by atoms with E-state index < -0.39 is 0 Å². The maximum Gasteiger partial charge on any atom is 0.409 e. The molecule has 1 aliphatic rings. The number of nitrogens with zero attached hydrogens (tertiary/aromatic N) is 2. The van der Waals surface area contributed by atoms with Crippen molar-refractivity contribution in [3.8, 4) is 0 Å². The van der Waals surface area contributed by atoms with Crippen molar-refractivity contribution >= 4 is 18.2 Å². The highest BCUT2D eigenvalue weighted by Gasteiger charge is 2.24. The topological polar surface area (TPSA) is 61.9 Å². The fraction of sp³-hybridized carbons (Fsp3) is 0.412. The number of carbonyl (C=O) groups excluding carboxylic acids is 2. The Balaban J connectivity index is 1.79. The van der Waals surface area contributed by atoms with E-state index in [2.05, 4.69) is 5.32 Å². The molecule has 1 saturated heterocycles. The van der Waals surface area contributed by atoms with Crippen molar-refractivity contribution in [2.45, 2.75) is 13.8 Å². The van der Waals surface area contributed by atoms with Crippen LogP contribution >= 0.6 is 0 Å². The molecular formula is C17H23N3O3. The van der Waals surface area contributed by atoms with E-state index in [1.165, 1.54) is 0 Å². The van der Waals surface area contributed by atoms with Gasteiger partial charge in [-0.15, -0.1) is 0 Å². The number of benzene rings is 1. The lowest BCUT2D eigenvalue weighted by Crippen LogP contribution is -2.52. The van der Waals surface area contributed by atoms with Crippen LogP contribution in [0.25, 0.3) is 6.08 Å². The summed E-state index contributed by atoms with van der Waals surface area (Å²) in [6.07, 6.45) is 3.22. The number of aryl methyl sites for hydroxylation is 1. The molecule has 0 bridgehead atoms. The summed E-state index contributed by atoms with van der Waals surface area (Å²) < 4.78 is 4.96. The zero-order chi connectivity index (χ0) is 16.7. The molecule has 1 fully saturated rings. The van der Waals surface area contributed by atoms with Gasteiger partial charge in [0.25, 0.3) is 0 Å². The molecular weight excluding hydrogens is 294 g/mol. The summed E-state index contributed by atoms with van der Waals surface area (Å²) in [7, 11) is 0. The Hall–Kier alpha value is -2.50. The van der Waals surface area contributed by atoms with Gasteiger partial charge in [-0.2, -0.15) is 0 Å². The molecule has 23 heavy (non-hydrogen) atoms. The minimum Gasteiger partial charge on any atom is -0.450 e. The van der Waals surface area contributed by atoms with Crippen molar-refractivity contribution in [3.63, 3.8) is 0 Å². The number of rotatable bonds is 3. The van der Waals surface area contributed by atoms with E-state index >= 15 is 0 Å². The van der Waals surface area contributed by atoms with Gasteiger partial charge in [-0.05, 0) is 31.1 Å². The maximum atomic E-state index is 12.1. The van der Waals surface area contributed by atoms with Crippen molar-refractivity contribution in [2.75, 3.05) is 32.8 Å². The highest BCUT2D eigenvalue weighted by atomic mass is 16.6. The molecule has 6 heteroatoms. The lowest BCUT2D eigenvalue weighted by molar-refractivity contribution is 0.0856. The fourth-order valence-corrected chi connectivity index (χ4v) is 2.37. The number of nitrogens with one attached hydrogen (secondary N) is 1. The Morgan fingerprint density at radius 3 is 2.48 bits per heavy atom. The van der Waals surface area contributed by atoms with Crippen molar-refractivity contribution < 1.29 is 14.3 Å². The van der Waals surface area contributed by atoms with Gasteiger partial charge in [-0.3, -0.25) is 0 Å². The molecule has 0 saturated carbocycles. The normalized spacial score (nSPS) is 14.9. The van der Waals surface area contributed by atoms with Crippen molar-refractivity contribution in [2.24, 2.45) is 0 Å². The lowest BCUT2D eigenvalue weighted by atomic mass is 10.1. The zero-order valence-electron chi connectivity index (χ0n) is 13.6. The van der Waals surface area contributed by atoms with Crippen LogP contribution in [-0.2, 0) is 4.74 Å². The first-order valence-corrected chi connectivity index (χ1v) is 7.81. The van der Waals surface area contributed by atoms with Gasteiger partial charge in [0.05, 0.1) is 6.61 Å². The highest BCUT2D eigenvalue weighted by molar-refractivity contribution is 5.77. The second kappa shape index (κ2) is 8.22. The highest BCUT2D eigenvalue weighted by Crippen LogP contribution is 2.08. The second-order valence-corrected chi connectivity index (χ2v) is 5.31. The number of hydrogen-bond acceptors (Lipinski definition) is 3. The summed E-state index contributed by atoms with van der Waals surface area (Å²) in [6.45, 7) is 6.16. The van der Waals surface area contributed by atoms with E-state index in [0.717, 1.165) is 11.1 Å². The Bertz CT molecular complexity index is 578. The van der Waals surface area contributed by atoms with Crippen molar-refractivity contribution in [1.29, 1.82) is 0 Å². The third kappa shape index (κ3) is 4.74. The Kier molecular flexibility index (Phi) is 6.02. The van der Waals surface area contributed by atoms with E-state index in [-0.39, 0.29) is 12.1 Å². The molecule has 0 aliphatic carbocycles. The van der Waals surface area contributed by atoms with Gasteiger partial charge in [0.2, 0.25) is 0 Å². The molecule has 1 heterocycles. The molecule has 124 valence electrons. The van der Waals surface area contributed by atoms with E-state index in [1.54, 1.807) is 22.9 Å². The smallest absolute Gasteiger partial charge is 0.409 e. The molecule has 0 atom stereocenters. The Morgan fingerprint density at radius 1 is 1.17 bits per heavy atom. The lowest BCUT2D eigenvalue weighted by Gasteiger charge is -2.33. The van der Waals surface area contributed by atoms with Gasteiger partial charge >= 0.3 is 12.1 Å². The summed E-state index contributed by atoms with van der Waals surface area (Å²) in [4.78, 5) is 27.0. The van der Waals surface area contributed by atoms with Crippen LogP contribution in [0.2, 0.25) is 0 Å². The quantitative estimate of drug-likeness (QED) is 0.931. The first-order chi connectivity index (χ1) is 11.1. The van der Waals surface area contributed by atoms with E-state index in [0.29, 0.717) is 32.8 Å². The largest absolute Gasteiger partial charge is 0.450 e. The fourth-order valence-electron chi connectivity index (χ4n) is 2.37. The molecule has 1 aromatic rings. The van der Waals surface area contributed by atoms with Gasteiger partial charge in [0, 0.05) is 32.4 Å². The SMILES string of the molecule is CCOC(=O)N1CCN(C(=O)N/C=C/c2ccccc2C)CC1. The molecule has 1 aromatic carbocycles. The number of amides is 3. The van der Waals surface area contributed by atoms with Crippen molar-refractivity contribution in [3.05, 3.63) is 41.6 Å². The number of hydrogen-bond donors (Lipinski definition) is 1. The summed E-state index contributed by atoms with van der Waals surface area (Å²) in [6, 6.07) is 7.81. The van der Waals surface area contributed by atoms with Gasteiger partial charge in [0.15, 0.2) is 0 Å². The summed E-state index contributed by atoms with van der Waals surface area (Å²) in [5.74, 6) is 0. The summed E-state index contributed by atoms with van der Waals surface area (Å²) in [5.41, 5.74) is 2.22. The number of piperazine rings is 1.